The van der Waals surface area contributed by atoms with Crippen LogP contribution in [0.3, 0.4) is 0 Å². The van der Waals surface area contributed by atoms with E-state index in [2.05, 4.69) is 20.7 Å². The Morgan fingerprint density at radius 2 is 1.76 bits per heavy atom. The number of nitrogens with one attached hydrogen (secondary N) is 2. The van der Waals surface area contributed by atoms with Gasteiger partial charge in [0.1, 0.15) is 12.4 Å². The summed E-state index contributed by atoms with van der Waals surface area (Å²) in [5.41, 5.74) is 4.79. The summed E-state index contributed by atoms with van der Waals surface area (Å²) in [6, 6.07) is 8.90. The molecular formula is C24H27N5O4. The minimum Gasteiger partial charge on any atom is -0.493 e. The summed E-state index contributed by atoms with van der Waals surface area (Å²) in [6.45, 7) is 5.84. The molecule has 1 aromatic heterocycles. The van der Waals surface area contributed by atoms with Gasteiger partial charge >= 0.3 is 0 Å². The van der Waals surface area contributed by atoms with Crippen LogP contribution in [-0.2, 0) is 4.79 Å². The van der Waals surface area contributed by atoms with Crippen molar-refractivity contribution in [3.63, 3.8) is 0 Å². The molecule has 0 spiro atoms. The Balaban J connectivity index is 1.84. The van der Waals surface area contributed by atoms with Gasteiger partial charge in [0, 0.05) is 11.4 Å². The van der Waals surface area contributed by atoms with Crippen LogP contribution in [-0.4, -0.2) is 42.0 Å². The van der Waals surface area contributed by atoms with Crippen LogP contribution in [0.25, 0.3) is 0 Å². The lowest BCUT2D eigenvalue weighted by Gasteiger charge is -2.29. The SMILES string of the molecule is COc1cc(C2C(C(=O)Nc3cccc(C)c3C)=C(C)Nc3ncnn32)cc(OC)c1OC. The second-order valence-electron chi connectivity index (χ2n) is 7.75. The average molecular weight is 450 g/mol. The summed E-state index contributed by atoms with van der Waals surface area (Å²) in [5.74, 6) is 1.74. The lowest BCUT2D eigenvalue weighted by Crippen LogP contribution is -2.31. The Bertz CT molecular complexity index is 1220. The zero-order valence-corrected chi connectivity index (χ0v) is 19.5. The molecule has 2 N–H and O–H groups in total. The maximum Gasteiger partial charge on any atom is 0.255 e. The van der Waals surface area contributed by atoms with Gasteiger partial charge in [-0.2, -0.15) is 10.1 Å². The number of ether oxygens (including phenoxy) is 3. The molecule has 1 amide bonds. The van der Waals surface area contributed by atoms with Crippen LogP contribution in [0.5, 0.6) is 17.2 Å². The van der Waals surface area contributed by atoms with Gasteiger partial charge in [-0.1, -0.05) is 12.1 Å². The number of amides is 1. The number of rotatable bonds is 6. The zero-order valence-electron chi connectivity index (χ0n) is 19.5. The van der Waals surface area contributed by atoms with Gasteiger partial charge in [-0.25, -0.2) is 4.68 Å². The van der Waals surface area contributed by atoms with E-state index in [0.29, 0.717) is 34.5 Å². The highest BCUT2D eigenvalue weighted by Gasteiger charge is 2.35. The Morgan fingerprint density at radius 1 is 1.06 bits per heavy atom. The maximum absolute atomic E-state index is 13.6. The molecule has 0 saturated heterocycles. The number of fused-ring (bicyclic) bond motifs is 1. The van der Waals surface area contributed by atoms with Crippen molar-refractivity contribution in [1.29, 1.82) is 0 Å². The number of anilines is 2. The molecule has 0 radical (unpaired) electrons. The minimum absolute atomic E-state index is 0.242. The topological polar surface area (TPSA) is 99.5 Å². The fraction of sp³-hybridized carbons (Fsp3) is 0.292. The van der Waals surface area contributed by atoms with Crippen molar-refractivity contribution in [2.75, 3.05) is 32.0 Å². The zero-order chi connectivity index (χ0) is 23.7. The molecule has 9 nitrogen and oxygen atoms in total. The predicted octanol–water partition coefficient (Wildman–Crippen LogP) is 3.85. The Kier molecular flexibility index (Phi) is 5.95. The average Bonchev–Trinajstić information content (AvgIpc) is 3.27. The molecule has 2 aromatic carbocycles. The largest absolute Gasteiger partial charge is 0.493 e. The Labute approximate surface area is 192 Å². The number of hydrogen-bond acceptors (Lipinski definition) is 7. The summed E-state index contributed by atoms with van der Waals surface area (Å²) in [6.07, 6.45) is 1.45. The third-order valence-corrected chi connectivity index (χ3v) is 5.89. The quantitative estimate of drug-likeness (QED) is 0.590. The molecule has 0 aliphatic carbocycles. The van der Waals surface area contributed by atoms with Gasteiger partial charge in [0.25, 0.3) is 5.91 Å². The molecule has 3 aromatic rings. The summed E-state index contributed by atoms with van der Waals surface area (Å²) < 4.78 is 18.2. The Hall–Kier alpha value is -4.01. The van der Waals surface area contributed by atoms with Crippen LogP contribution in [0.1, 0.15) is 29.7 Å². The summed E-state index contributed by atoms with van der Waals surface area (Å²) >= 11 is 0. The number of aryl methyl sites for hydroxylation is 1. The number of aromatic nitrogens is 3. The van der Waals surface area contributed by atoms with Crippen molar-refractivity contribution in [3.05, 3.63) is 64.6 Å². The molecule has 0 saturated carbocycles. The van der Waals surface area contributed by atoms with Crippen molar-refractivity contribution in [1.82, 2.24) is 14.8 Å². The van der Waals surface area contributed by atoms with Gasteiger partial charge in [-0.3, -0.25) is 4.79 Å². The summed E-state index contributed by atoms with van der Waals surface area (Å²) in [7, 11) is 4.66. The second-order valence-corrected chi connectivity index (χ2v) is 7.75. The summed E-state index contributed by atoms with van der Waals surface area (Å²) in [5, 5.41) is 10.6. The number of allylic oxidation sites excluding steroid dienone is 1. The molecule has 33 heavy (non-hydrogen) atoms. The number of carbonyl (C=O) groups is 1. The van der Waals surface area contributed by atoms with E-state index < -0.39 is 6.04 Å². The van der Waals surface area contributed by atoms with Crippen LogP contribution in [0.2, 0.25) is 0 Å². The van der Waals surface area contributed by atoms with Gasteiger partial charge in [-0.05, 0) is 55.7 Å². The van der Waals surface area contributed by atoms with Gasteiger partial charge in [0.05, 0.1) is 26.9 Å². The normalized spacial score (nSPS) is 14.9. The third-order valence-electron chi connectivity index (χ3n) is 5.89. The van der Waals surface area contributed by atoms with E-state index in [1.807, 2.05) is 51.1 Å². The van der Waals surface area contributed by atoms with Crippen molar-refractivity contribution >= 4 is 17.5 Å². The standard InChI is InChI=1S/C24H27N5O4/c1-13-8-7-9-17(14(13)2)28-23(30)20-15(3)27-24-25-12-26-29(24)21(20)16-10-18(31-4)22(33-6)19(11-16)32-5/h7-12,21H,1-6H3,(H,28,30)(H,25,26,27). The minimum atomic E-state index is -0.567. The number of methoxy groups -OCH3 is 3. The lowest BCUT2D eigenvalue weighted by molar-refractivity contribution is -0.113. The van der Waals surface area contributed by atoms with E-state index in [1.165, 1.54) is 6.33 Å². The van der Waals surface area contributed by atoms with Crippen molar-refractivity contribution in [2.45, 2.75) is 26.8 Å². The highest BCUT2D eigenvalue weighted by molar-refractivity contribution is 6.06. The second kappa shape index (κ2) is 8.85. The Morgan fingerprint density at radius 3 is 2.39 bits per heavy atom. The van der Waals surface area contributed by atoms with E-state index in [1.54, 1.807) is 26.0 Å². The third kappa shape index (κ3) is 3.86. The number of carbonyl (C=O) groups excluding carboxylic acids is 1. The predicted molar refractivity (Wildman–Crippen MR) is 125 cm³/mol. The lowest BCUT2D eigenvalue weighted by atomic mass is 9.94. The smallest absolute Gasteiger partial charge is 0.255 e. The van der Waals surface area contributed by atoms with Gasteiger partial charge in [0.2, 0.25) is 11.7 Å². The van der Waals surface area contributed by atoms with E-state index in [0.717, 1.165) is 22.4 Å². The molecule has 1 aliphatic heterocycles. The van der Waals surface area contributed by atoms with Gasteiger partial charge in [0.15, 0.2) is 11.5 Å². The molecule has 0 bridgehead atoms. The fourth-order valence-electron chi connectivity index (χ4n) is 4.03. The van der Waals surface area contributed by atoms with E-state index in [4.69, 9.17) is 14.2 Å². The molecule has 1 unspecified atom stereocenters. The first-order valence-electron chi connectivity index (χ1n) is 10.4. The monoisotopic (exact) mass is 449 g/mol. The molecular weight excluding hydrogens is 422 g/mol. The van der Waals surface area contributed by atoms with Crippen molar-refractivity contribution in [2.24, 2.45) is 0 Å². The van der Waals surface area contributed by atoms with E-state index in [-0.39, 0.29) is 5.91 Å². The van der Waals surface area contributed by atoms with E-state index in [9.17, 15) is 4.79 Å². The van der Waals surface area contributed by atoms with E-state index >= 15 is 0 Å². The molecule has 172 valence electrons. The van der Waals surface area contributed by atoms with Crippen molar-refractivity contribution in [3.8, 4) is 17.2 Å². The van der Waals surface area contributed by atoms with Gasteiger partial charge < -0.3 is 24.8 Å². The molecule has 1 aliphatic rings. The van der Waals surface area contributed by atoms with Crippen LogP contribution in [0.4, 0.5) is 11.6 Å². The van der Waals surface area contributed by atoms with Crippen LogP contribution in [0, 0.1) is 13.8 Å². The molecule has 0 fully saturated rings. The highest BCUT2D eigenvalue weighted by atomic mass is 16.5. The van der Waals surface area contributed by atoms with Crippen LogP contribution < -0.4 is 24.8 Å². The first-order chi connectivity index (χ1) is 15.9. The summed E-state index contributed by atoms with van der Waals surface area (Å²) in [4.78, 5) is 17.9. The van der Waals surface area contributed by atoms with Crippen LogP contribution >= 0.6 is 0 Å². The number of benzene rings is 2. The molecule has 9 heteroatoms. The fourth-order valence-corrected chi connectivity index (χ4v) is 4.03. The number of hydrogen-bond donors (Lipinski definition) is 2. The first-order valence-corrected chi connectivity index (χ1v) is 10.4. The molecule has 4 rings (SSSR count). The van der Waals surface area contributed by atoms with Crippen LogP contribution in [0.15, 0.2) is 47.9 Å². The first kappa shape index (κ1) is 22.2. The highest BCUT2D eigenvalue weighted by Crippen LogP contribution is 2.43. The maximum atomic E-state index is 13.6. The number of nitrogens with zero attached hydrogens (tertiary/aromatic N) is 3. The van der Waals surface area contributed by atoms with Gasteiger partial charge in [-0.15, -0.1) is 0 Å². The molecule has 2 heterocycles. The van der Waals surface area contributed by atoms with Crippen molar-refractivity contribution < 1.29 is 19.0 Å². The molecule has 1 atom stereocenters.